The van der Waals surface area contributed by atoms with Crippen molar-refractivity contribution in [3.05, 3.63) is 23.8 Å². The number of fused-ring (bicyclic) bond motifs is 1. The number of hydrogen-bond acceptors (Lipinski definition) is 4. The molecule has 2 rings (SSSR count). The Balaban J connectivity index is 1.78. The molecule has 0 atom stereocenters. The third-order valence-electron chi connectivity index (χ3n) is 4.09. The van der Waals surface area contributed by atoms with Gasteiger partial charge in [0.15, 0.2) is 17.5 Å². The maximum Gasteiger partial charge on any atom is 0.231 e. The van der Waals surface area contributed by atoms with E-state index in [0.717, 1.165) is 50.1 Å². The van der Waals surface area contributed by atoms with E-state index in [4.69, 9.17) is 9.47 Å². The highest BCUT2D eigenvalue weighted by atomic mass is 16.7. The lowest BCUT2D eigenvalue weighted by Gasteiger charge is -2.20. The molecule has 6 heteroatoms. The Labute approximate surface area is 145 Å². The lowest BCUT2D eigenvalue weighted by molar-refractivity contribution is 0.174. The Morgan fingerprint density at radius 3 is 2.79 bits per heavy atom. The molecule has 0 radical (unpaired) electrons. The molecule has 0 saturated heterocycles. The van der Waals surface area contributed by atoms with Crippen molar-refractivity contribution in [2.45, 2.75) is 33.2 Å². The summed E-state index contributed by atoms with van der Waals surface area (Å²) < 4.78 is 10.8. The van der Waals surface area contributed by atoms with Crippen LogP contribution in [-0.4, -0.2) is 56.9 Å². The van der Waals surface area contributed by atoms with Gasteiger partial charge < -0.3 is 25.0 Å². The average Bonchev–Trinajstić information content (AvgIpc) is 3.02. The van der Waals surface area contributed by atoms with E-state index in [1.165, 1.54) is 5.56 Å². The SMILES string of the molecule is CCNC(=NCCN(C)C(C)C)NCCc1ccc2c(c1)OCO2. The van der Waals surface area contributed by atoms with Crippen molar-refractivity contribution in [1.29, 1.82) is 0 Å². The van der Waals surface area contributed by atoms with Crippen LogP contribution in [0.2, 0.25) is 0 Å². The molecule has 0 fully saturated rings. The summed E-state index contributed by atoms with van der Waals surface area (Å²) in [4.78, 5) is 6.92. The first-order valence-electron chi connectivity index (χ1n) is 8.71. The van der Waals surface area contributed by atoms with Crippen molar-refractivity contribution in [3.8, 4) is 11.5 Å². The Hall–Kier alpha value is -1.95. The van der Waals surface area contributed by atoms with Crippen LogP contribution >= 0.6 is 0 Å². The van der Waals surface area contributed by atoms with E-state index in [-0.39, 0.29) is 0 Å². The molecule has 1 aliphatic heterocycles. The summed E-state index contributed by atoms with van der Waals surface area (Å²) in [6.07, 6.45) is 0.910. The van der Waals surface area contributed by atoms with E-state index in [2.05, 4.69) is 54.4 Å². The lowest BCUT2D eigenvalue weighted by atomic mass is 10.1. The minimum atomic E-state index is 0.319. The number of hydrogen-bond donors (Lipinski definition) is 2. The number of ether oxygens (including phenoxy) is 2. The van der Waals surface area contributed by atoms with Gasteiger partial charge in [0, 0.05) is 25.7 Å². The highest BCUT2D eigenvalue weighted by molar-refractivity contribution is 5.79. The second kappa shape index (κ2) is 9.37. The summed E-state index contributed by atoms with van der Waals surface area (Å²) >= 11 is 0. The zero-order valence-electron chi connectivity index (χ0n) is 15.3. The molecule has 0 unspecified atom stereocenters. The Bertz CT molecular complexity index is 546. The topological polar surface area (TPSA) is 58.1 Å². The van der Waals surface area contributed by atoms with Gasteiger partial charge in [0.05, 0.1) is 6.54 Å². The first kappa shape index (κ1) is 18.4. The number of nitrogens with one attached hydrogen (secondary N) is 2. The predicted molar refractivity (Wildman–Crippen MR) is 98.0 cm³/mol. The standard InChI is InChI=1S/C18H30N4O2/c1-5-19-18(21-10-11-22(4)14(2)3)20-9-8-15-6-7-16-17(12-15)24-13-23-16/h6-7,12,14H,5,8-11,13H2,1-4H3,(H2,19,20,21). The van der Waals surface area contributed by atoms with Gasteiger partial charge in [-0.1, -0.05) is 6.07 Å². The van der Waals surface area contributed by atoms with Crippen LogP contribution in [0.4, 0.5) is 0 Å². The molecule has 0 aromatic heterocycles. The van der Waals surface area contributed by atoms with Crippen LogP contribution in [-0.2, 0) is 6.42 Å². The summed E-state index contributed by atoms with van der Waals surface area (Å²) in [6.45, 7) is 10.2. The van der Waals surface area contributed by atoms with E-state index < -0.39 is 0 Å². The maximum atomic E-state index is 5.42. The summed E-state index contributed by atoms with van der Waals surface area (Å²) in [5.74, 6) is 2.54. The highest BCUT2D eigenvalue weighted by Crippen LogP contribution is 2.32. The van der Waals surface area contributed by atoms with Crippen molar-refractivity contribution < 1.29 is 9.47 Å². The smallest absolute Gasteiger partial charge is 0.231 e. The van der Waals surface area contributed by atoms with E-state index >= 15 is 0 Å². The van der Waals surface area contributed by atoms with Gasteiger partial charge in [0.25, 0.3) is 0 Å². The minimum absolute atomic E-state index is 0.319. The molecule has 0 bridgehead atoms. The molecule has 1 heterocycles. The van der Waals surface area contributed by atoms with Gasteiger partial charge in [-0.25, -0.2) is 0 Å². The second-order valence-electron chi connectivity index (χ2n) is 6.20. The van der Waals surface area contributed by atoms with Crippen LogP contribution < -0.4 is 20.1 Å². The van der Waals surface area contributed by atoms with Gasteiger partial charge in [-0.2, -0.15) is 0 Å². The second-order valence-corrected chi connectivity index (χ2v) is 6.20. The van der Waals surface area contributed by atoms with Crippen molar-refractivity contribution in [1.82, 2.24) is 15.5 Å². The molecule has 1 aromatic carbocycles. The van der Waals surface area contributed by atoms with Crippen LogP contribution in [0.1, 0.15) is 26.3 Å². The molecule has 1 aliphatic rings. The largest absolute Gasteiger partial charge is 0.454 e. The third kappa shape index (κ3) is 5.60. The van der Waals surface area contributed by atoms with Crippen LogP contribution in [0.3, 0.4) is 0 Å². The monoisotopic (exact) mass is 334 g/mol. The third-order valence-corrected chi connectivity index (χ3v) is 4.09. The lowest BCUT2D eigenvalue weighted by Crippen LogP contribution is -2.39. The first-order valence-corrected chi connectivity index (χ1v) is 8.71. The van der Waals surface area contributed by atoms with Crippen LogP contribution in [0, 0.1) is 0 Å². The molecule has 0 saturated carbocycles. The molecule has 6 nitrogen and oxygen atoms in total. The normalized spacial score (nSPS) is 13.7. The van der Waals surface area contributed by atoms with Gasteiger partial charge in [-0.15, -0.1) is 0 Å². The Morgan fingerprint density at radius 1 is 1.25 bits per heavy atom. The fourth-order valence-corrected chi connectivity index (χ4v) is 2.34. The number of rotatable bonds is 8. The summed E-state index contributed by atoms with van der Waals surface area (Å²) in [5, 5.41) is 6.68. The summed E-state index contributed by atoms with van der Waals surface area (Å²) in [5.41, 5.74) is 1.22. The quantitative estimate of drug-likeness (QED) is 0.561. The predicted octanol–water partition coefficient (Wildman–Crippen LogP) is 1.85. The van der Waals surface area contributed by atoms with Crippen molar-refractivity contribution in [2.75, 3.05) is 40.0 Å². The van der Waals surface area contributed by atoms with Crippen molar-refractivity contribution in [3.63, 3.8) is 0 Å². The van der Waals surface area contributed by atoms with E-state index in [9.17, 15) is 0 Å². The van der Waals surface area contributed by atoms with Gasteiger partial charge in [-0.05, 0) is 51.9 Å². The summed E-state index contributed by atoms with van der Waals surface area (Å²) in [7, 11) is 2.13. The fraction of sp³-hybridized carbons (Fsp3) is 0.611. The fourth-order valence-electron chi connectivity index (χ4n) is 2.34. The average molecular weight is 334 g/mol. The molecule has 24 heavy (non-hydrogen) atoms. The molecule has 1 aromatic rings. The number of benzene rings is 1. The molecule has 0 spiro atoms. The van der Waals surface area contributed by atoms with Gasteiger partial charge in [-0.3, -0.25) is 4.99 Å². The minimum Gasteiger partial charge on any atom is -0.454 e. The highest BCUT2D eigenvalue weighted by Gasteiger charge is 2.12. The van der Waals surface area contributed by atoms with Gasteiger partial charge in [0.2, 0.25) is 6.79 Å². The number of likely N-dealkylation sites (N-methyl/N-ethyl adjacent to an activating group) is 1. The van der Waals surface area contributed by atoms with Crippen molar-refractivity contribution in [2.24, 2.45) is 4.99 Å². The van der Waals surface area contributed by atoms with Crippen LogP contribution in [0.5, 0.6) is 11.5 Å². The van der Waals surface area contributed by atoms with Gasteiger partial charge in [0.1, 0.15) is 0 Å². The summed E-state index contributed by atoms with van der Waals surface area (Å²) in [6, 6.07) is 6.64. The molecule has 134 valence electrons. The van der Waals surface area contributed by atoms with E-state index in [1.54, 1.807) is 0 Å². The molecular formula is C18H30N4O2. The van der Waals surface area contributed by atoms with E-state index in [1.807, 2.05) is 12.1 Å². The number of aliphatic imine (C=N–C) groups is 1. The maximum absolute atomic E-state index is 5.42. The first-order chi connectivity index (χ1) is 11.6. The Morgan fingerprint density at radius 2 is 2.04 bits per heavy atom. The molecule has 0 amide bonds. The van der Waals surface area contributed by atoms with Gasteiger partial charge >= 0.3 is 0 Å². The van der Waals surface area contributed by atoms with Crippen LogP contribution in [0.25, 0.3) is 0 Å². The molecule has 0 aliphatic carbocycles. The van der Waals surface area contributed by atoms with Crippen molar-refractivity contribution >= 4 is 5.96 Å². The molecule has 2 N–H and O–H groups in total. The molecular weight excluding hydrogens is 304 g/mol. The zero-order valence-corrected chi connectivity index (χ0v) is 15.3. The number of guanidine groups is 1. The number of nitrogens with zero attached hydrogens (tertiary/aromatic N) is 2. The zero-order chi connectivity index (χ0) is 17.4. The Kier molecular flexibility index (Phi) is 7.18. The van der Waals surface area contributed by atoms with E-state index in [0.29, 0.717) is 12.8 Å². The van der Waals surface area contributed by atoms with Crippen LogP contribution in [0.15, 0.2) is 23.2 Å².